The zero-order chi connectivity index (χ0) is 14.4. The van der Waals surface area contributed by atoms with Crippen LogP contribution in [-0.2, 0) is 11.2 Å². The Labute approximate surface area is 118 Å². The Morgan fingerprint density at radius 1 is 1.35 bits per heavy atom. The number of hydrogen-bond donors (Lipinski definition) is 2. The average molecular weight is 277 g/mol. The summed E-state index contributed by atoms with van der Waals surface area (Å²) in [5.41, 5.74) is 1.53. The minimum atomic E-state index is -0.876. The normalized spacial score (nSPS) is 14.2. The SMILES string of the molecule is C/C(=C/CNCCc1ccc2c(c1)OCCO2)C(=O)O. The van der Waals surface area contributed by atoms with Crippen LogP contribution < -0.4 is 14.8 Å². The smallest absolute Gasteiger partial charge is 0.330 e. The maximum absolute atomic E-state index is 10.6. The van der Waals surface area contributed by atoms with Gasteiger partial charge in [0.15, 0.2) is 11.5 Å². The highest BCUT2D eigenvalue weighted by atomic mass is 16.6. The molecule has 1 heterocycles. The lowest BCUT2D eigenvalue weighted by atomic mass is 10.1. The lowest BCUT2D eigenvalue weighted by Gasteiger charge is -2.18. The van der Waals surface area contributed by atoms with Crippen molar-refractivity contribution < 1.29 is 19.4 Å². The molecule has 0 radical (unpaired) electrons. The van der Waals surface area contributed by atoms with Crippen LogP contribution in [0.15, 0.2) is 29.8 Å². The van der Waals surface area contributed by atoms with E-state index in [1.807, 2.05) is 18.2 Å². The number of nitrogens with one attached hydrogen (secondary N) is 1. The molecule has 1 aliphatic heterocycles. The fourth-order valence-corrected chi connectivity index (χ4v) is 1.89. The Hall–Kier alpha value is -2.01. The van der Waals surface area contributed by atoms with Gasteiger partial charge in [-0.1, -0.05) is 12.1 Å². The highest BCUT2D eigenvalue weighted by Gasteiger charge is 2.11. The molecule has 1 aliphatic rings. The van der Waals surface area contributed by atoms with E-state index in [0.717, 1.165) is 24.5 Å². The Morgan fingerprint density at radius 2 is 2.10 bits per heavy atom. The van der Waals surface area contributed by atoms with E-state index in [1.165, 1.54) is 5.56 Å². The second-order valence-electron chi connectivity index (χ2n) is 4.62. The molecule has 1 aromatic carbocycles. The van der Waals surface area contributed by atoms with Crippen LogP contribution in [0.5, 0.6) is 11.5 Å². The van der Waals surface area contributed by atoms with Crippen LogP contribution in [0.3, 0.4) is 0 Å². The van der Waals surface area contributed by atoms with Gasteiger partial charge >= 0.3 is 5.97 Å². The summed E-state index contributed by atoms with van der Waals surface area (Å²) in [6.45, 7) is 4.12. The first-order valence-electron chi connectivity index (χ1n) is 6.66. The predicted octanol–water partition coefficient (Wildman–Crippen LogP) is 1.62. The molecule has 0 saturated carbocycles. The molecule has 5 heteroatoms. The summed E-state index contributed by atoms with van der Waals surface area (Å²) in [7, 11) is 0. The van der Waals surface area contributed by atoms with Crippen LogP contribution in [0.1, 0.15) is 12.5 Å². The molecule has 0 aliphatic carbocycles. The van der Waals surface area contributed by atoms with Gasteiger partial charge in [-0.15, -0.1) is 0 Å². The molecule has 2 N–H and O–H groups in total. The monoisotopic (exact) mass is 277 g/mol. The van der Waals surface area contributed by atoms with Crippen LogP contribution in [0.4, 0.5) is 0 Å². The number of carbonyl (C=O) groups is 1. The number of rotatable bonds is 6. The average Bonchev–Trinajstić information content (AvgIpc) is 2.46. The molecule has 5 nitrogen and oxygen atoms in total. The summed E-state index contributed by atoms with van der Waals surface area (Å²) >= 11 is 0. The topological polar surface area (TPSA) is 67.8 Å². The maximum atomic E-state index is 10.6. The molecule has 0 atom stereocenters. The van der Waals surface area contributed by atoms with E-state index < -0.39 is 5.97 Å². The summed E-state index contributed by atoms with van der Waals surface area (Å²) in [5.74, 6) is 0.724. The summed E-state index contributed by atoms with van der Waals surface area (Å²) < 4.78 is 11.0. The summed E-state index contributed by atoms with van der Waals surface area (Å²) in [4.78, 5) is 10.6. The Bertz CT molecular complexity index is 511. The number of carboxylic acid groups (broad SMARTS) is 1. The van der Waals surface area contributed by atoms with Gasteiger partial charge < -0.3 is 19.9 Å². The highest BCUT2D eigenvalue weighted by Crippen LogP contribution is 2.30. The third kappa shape index (κ3) is 3.99. The van der Waals surface area contributed by atoms with E-state index in [1.54, 1.807) is 13.0 Å². The first-order valence-corrected chi connectivity index (χ1v) is 6.66. The van der Waals surface area contributed by atoms with Crippen molar-refractivity contribution in [3.63, 3.8) is 0 Å². The van der Waals surface area contributed by atoms with Crippen molar-refractivity contribution in [2.45, 2.75) is 13.3 Å². The van der Waals surface area contributed by atoms with Crippen molar-refractivity contribution in [1.29, 1.82) is 0 Å². The summed E-state index contributed by atoms with van der Waals surface area (Å²) in [5, 5.41) is 11.9. The van der Waals surface area contributed by atoms with Gasteiger partial charge in [-0.05, 0) is 37.6 Å². The van der Waals surface area contributed by atoms with Crippen molar-refractivity contribution in [2.24, 2.45) is 0 Å². The number of aliphatic carboxylic acids is 1. The predicted molar refractivity (Wildman–Crippen MR) is 75.4 cm³/mol. The molecule has 1 aromatic rings. The molecule has 0 saturated heterocycles. The van der Waals surface area contributed by atoms with E-state index in [2.05, 4.69) is 5.32 Å². The van der Waals surface area contributed by atoms with Crippen molar-refractivity contribution in [2.75, 3.05) is 26.3 Å². The Morgan fingerprint density at radius 3 is 2.85 bits per heavy atom. The fourth-order valence-electron chi connectivity index (χ4n) is 1.89. The standard InChI is InChI=1S/C15H19NO4/c1-11(15(17)18)4-6-16-7-5-12-2-3-13-14(10-12)20-9-8-19-13/h2-4,10,16H,5-9H2,1H3,(H,17,18)/b11-4-. The van der Waals surface area contributed by atoms with Gasteiger partial charge in [-0.2, -0.15) is 0 Å². The van der Waals surface area contributed by atoms with Gasteiger partial charge in [0.1, 0.15) is 13.2 Å². The third-order valence-corrected chi connectivity index (χ3v) is 3.09. The van der Waals surface area contributed by atoms with E-state index in [9.17, 15) is 4.79 Å². The van der Waals surface area contributed by atoms with Gasteiger partial charge in [-0.3, -0.25) is 0 Å². The molecule has 0 amide bonds. The molecule has 0 unspecified atom stereocenters. The molecular weight excluding hydrogens is 258 g/mol. The van der Waals surface area contributed by atoms with E-state index >= 15 is 0 Å². The molecule has 0 bridgehead atoms. The lowest BCUT2D eigenvalue weighted by molar-refractivity contribution is -0.132. The quantitative estimate of drug-likeness (QED) is 0.611. The minimum Gasteiger partial charge on any atom is -0.486 e. The van der Waals surface area contributed by atoms with E-state index in [4.69, 9.17) is 14.6 Å². The zero-order valence-electron chi connectivity index (χ0n) is 11.5. The van der Waals surface area contributed by atoms with Crippen molar-refractivity contribution >= 4 is 5.97 Å². The summed E-state index contributed by atoms with van der Waals surface area (Å²) in [6.07, 6.45) is 2.53. The van der Waals surface area contributed by atoms with Crippen LogP contribution >= 0.6 is 0 Å². The number of hydrogen-bond acceptors (Lipinski definition) is 4. The van der Waals surface area contributed by atoms with Gasteiger partial charge in [0.05, 0.1) is 0 Å². The molecule has 0 fully saturated rings. The molecule has 0 spiro atoms. The summed E-state index contributed by atoms with van der Waals surface area (Å²) in [6, 6.07) is 5.94. The van der Waals surface area contributed by atoms with Crippen molar-refractivity contribution in [3.8, 4) is 11.5 Å². The van der Waals surface area contributed by atoms with Crippen molar-refractivity contribution in [3.05, 3.63) is 35.4 Å². The largest absolute Gasteiger partial charge is 0.486 e. The molecular formula is C15H19NO4. The highest BCUT2D eigenvalue weighted by molar-refractivity contribution is 5.85. The van der Waals surface area contributed by atoms with Crippen molar-refractivity contribution in [1.82, 2.24) is 5.32 Å². The van der Waals surface area contributed by atoms with Crippen LogP contribution in [-0.4, -0.2) is 37.4 Å². The minimum absolute atomic E-state index is 0.358. The first kappa shape index (κ1) is 14.4. The fraction of sp³-hybridized carbons (Fsp3) is 0.400. The number of ether oxygens (including phenoxy) is 2. The van der Waals surface area contributed by atoms with Gasteiger partial charge in [-0.25, -0.2) is 4.79 Å². The van der Waals surface area contributed by atoms with Crippen LogP contribution in [0.2, 0.25) is 0 Å². The number of benzene rings is 1. The van der Waals surface area contributed by atoms with E-state index in [0.29, 0.717) is 25.3 Å². The second kappa shape index (κ2) is 6.96. The Kier molecular flexibility index (Phi) is 5.01. The lowest BCUT2D eigenvalue weighted by Crippen LogP contribution is -2.18. The third-order valence-electron chi connectivity index (χ3n) is 3.09. The molecule has 2 rings (SSSR count). The van der Waals surface area contributed by atoms with Crippen LogP contribution in [0.25, 0.3) is 0 Å². The van der Waals surface area contributed by atoms with Gasteiger partial charge in [0, 0.05) is 12.1 Å². The Balaban J connectivity index is 1.77. The molecule has 108 valence electrons. The molecule has 0 aromatic heterocycles. The number of carboxylic acids is 1. The van der Waals surface area contributed by atoms with E-state index in [-0.39, 0.29) is 0 Å². The zero-order valence-corrected chi connectivity index (χ0v) is 11.5. The van der Waals surface area contributed by atoms with Gasteiger partial charge in [0.25, 0.3) is 0 Å². The number of fused-ring (bicyclic) bond motifs is 1. The second-order valence-corrected chi connectivity index (χ2v) is 4.62. The van der Waals surface area contributed by atoms with Crippen LogP contribution in [0, 0.1) is 0 Å². The first-order chi connectivity index (χ1) is 9.66. The maximum Gasteiger partial charge on any atom is 0.330 e. The van der Waals surface area contributed by atoms with Gasteiger partial charge in [0.2, 0.25) is 0 Å². The molecule has 20 heavy (non-hydrogen) atoms.